The molecule has 0 aromatic heterocycles. The molecule has 0 radical (unpaired) electrons. The number of nitrogens with zero attached hydrogens (tertiary/aromatic N) is 1. The van der Waals surface area contributed by atoms with Crippen LogP contribution >= 0.6 is 0 Å². The largest absolute Gasteiger partial charge is 0.396 e. The molecule has 0 unspecified atom stereocenters. The fourth-order valence-corrected chi connectivity index (χ4v) is 3.13. The fraction of sp³-hybridized carbons (Fsp3) is 1.00. The first-order valence-corrected chi connectivity index (χ1v) is 9.63. The number of hydrogen-bond acceptors (Lipinski definition) is 1. The maximum atomic E-state index is 9.00. The minimum atomic E-state index is 0.354. The van der Waals surface area contributed by atoms with Gasteiger partial charge < -0.3 is 9.59 Å². The standard InChI is InChI=1S/C19H42NO/c1-4-6-8-10-12-16-20(3,18-14-15-19-21)17-13-11-9-7-5-2/h21H,4-19H2,1-3H3/q+1. The molecule has 0 saturated heterocycles. The minimum Gasteiger partial charge on any atom is -0.396 e. The Morgan fingerprint density at radius 3 is 1.33 bits per heavy atom. The number of rotatable bonds is 16. The van der Waals surface area contributed by atoms with Crippen LogP contribution in [0.3, 0.4) is 0 Å². The number of quaternary nitrogens is 1. The van der Waals surface area contributed by atoms with Gasteiger partial charge in [-0.2, -0.15) is 0 Å². The van der Waals surface area contributed by atoms with Crippen LogP contribution in [0.1, 0.15) is 90.9 Å². The molecule has 0 aromatic rings. The molecule has 0 heterocycles. The monoisotopic (exact) mass is 300 g/mol. The van der Waals surface area contributed by atoms with Gasteiger partial charge >= 0.3 is 0 Å². The molecule has 0 bridgehead atoms. The zero-order valence-corrected chi connectivity index (χ0v) is 15.2. The molecule has 1 N–H and O–H groups in total. The molecule has 0 atom stereocenters. The highest BCUT2D eigenvalue weighted by Gasteiger charge is 2.19. The van der Waals surface area contributed by atoms with E-state index in [1.54, 1.807) is 0 Å². The van der Waals surface area contributed by atoms with Gasteiger partial charge in [0.2, 0.25) is 0 Å². The topological polar surface area (TPSA) is 20.2 Å². The molecular formula is C19H42NO+. The summed E-state index contributed by atoms with van der Waals surface area (Å²) in [6.45, 7) is 8.84. The van der Waals surface area contributed by atoms with Crippen LogP contribution in [-0.4, -0.2) is 42.9 Å². The third-order valence-electron chi connectivity index (χ3n) is 4.71. The number of unbranched alkanes of at least 4 members (excludes halogenated alkanes) is 9. The molecular weight excluding hydrogens is 258 g/mol. The van der Waals surface area contributed by atoms with Gasteiger partial charge in [0.05, 0.1) is 26.7 Å². The Morgan fingerprint density at radius 2 is 0.952 bits per heavy atom. The molecule has 128 valence electrons. The van der Waals surface area contributed by atoms with Gasteiger partial charge in [-0.15, -0.1) is 0 Å². The molecule has 0 amide bonds. The summed E-state index contributed by atoms with van der Waals surface area (Å²) in [5.74, 6) is 0. The van der Waals surface area contributed by atoms with Crippen LogP contribution < -0.4 is 0 Å². The Bertz CT molecular complexity index is 192. The van der Waals surface area contributed by atoms with Crippen molar-refractivity contribution in [1.82, 2.24) is 0 Å². The summed E-state index contributed by atoms with van der Waals surface area (Å²) in [5.41, 5.74) is 0. The normalized spacial score (nSPS) is 12.0. The fourth-order valence-electron chi connectivity index (χ4n) is 3.13. The molecule has 21 heavy (non-hydrogen) atoms. The van der Waals surface area contributed by atoms with E-state index in [-0.39, 0.29) is 0 Å². The van der Waals surface area contributed by atoms with Crippen molar-refractivity contribution in [2.24, 2.45) is 0 Å². The van der Waals surface area contributed by atoms with Crippen molar-refractivity contribution in [2.75, 3.05) is 33.3 Å². The summed E-state index contributed by atoms with van der Waals surface area (Å²) in [6, 6.07) is 0. The Kier molecular flexibility index (Phi) is 14.8. The maximum Gasteiger partial charge on any atom is 0.0785 e. The van der Waals surface area contributed by atoms with Crippen molar-refractivity contribution in [3.63, 3.8) is 0 Å². The van der Waals surface area contributed by atoms with Gasteiger partial charge in [-0.3, -0.25) is 0 Å². The average Bonchev–Trinajstić information content (AvgIpc) is 2.47. The highest BCUT2D eigenvalue weighted by atomic mass is 16.2. The lowest BCUT2D eigenvalue weighted by Crippen LogP contribution is -2.46. The second-order valence-electron chi connectivity index (χ2n) is 7.05. The predicted octanol–water partition coefficient (Wildman–Crippen LogP) is 5.15. The van der Waals surface area contributed by atoms with Gasteiger partial charge in [-0.25, -0.2) is 0 Å². The van der Waals surface area contributed by atoms with Crippen LogP contribution in [0, 0.1) is 0 Å². The highest BCUT2D eigenvalue weighted by molar-refractivity contribution is 4.49. The summed E-state index contributed by atoms with van der Waals surface area (Å²) in [6.07, 6.45) is 16.0. The van der Waals surface area contributed by atoms with Crippen LogP contribution in [0.5, 0.6) is 0 Å². The van der Waals surface area contributed by atoms with E-state index in [1.165, 1.54) is 94.7 Å². The maximum absolute atomic E-state index is 9.00. The van der Waals surface area contributed by atoms with E-state index in [2.05, 4.69) is 20.9 Å². The first-order chi connectivity index (χ1) is 10.2. The van der Waals surface area contributed by atoms with Crippen molar-refractivity contribution < 1.29 is 9.59 Å². The molecule has 0 aliphatic carbocycles. The van der Waals surface area contributed by atoms with E-state index in [1.807, 2.05) is 0 Å². The summed E-state index contributed by atoms with van der Waals surface area (Å²) < 4.78 is 1.23. The molecule has 0 rings (SSSR count). The Hall–Kier alpha value is -0.0800. The van der Waals surface area contributed by atoms with Gasteiger partial charge in [0.15, 0.2) is 0 Å². The molecule has 0 aromatic carbocycles. The number of hydrogen-bond donors (Lipinski definition) is 1. The van der Waals surface area contributed by atoms with E-state index >= 15 is 0 Å². The third kappa shape index (κ3) is 13.3. The lowest BCUT2D eigenvalue weighted by atomic mass is 10.1. The van der Waals surface area contributed by atoms with Gasteiger partial charge in [0, 0.05) is 6.61 Å². The number of aliphatic hydroxyl groups is 1. The van der Waals surface area contributed by atoms with Crippen molar-refractivity contribution in [1.29, 1.82) is 0 Å². The average molecular weight is 301 g/mol. The summed E-state index contributed by atoms with van der Waals surface area (Å²) in [5, 5.41) is 9.00. The summed E-state index contributed by atoms with van der Waals surface area (Å²) in [7, 11) is 2.44. The van der Waals surface area contributed by atoms with Gasteiger partial charge in [0.1, 0.15) is 0 Å². The van der Waals surface area contributed by atoms with Crippen molar-refractivity contribution in [3.05, 3.63) is 0 Å². The lowest BCUT2D eigenvalue weighted by molar-refractivity contribution is -0.910. The van der Waals surface area contributed by atoms with Crippen LogP contribution in [-0.2, 0) is 0 Å². The number of aliphatic hydroxyl groups excluding tert-OH is 1. The van der Waals surface area contributed by atoms with E-state index in [0.717, 1.165) is 6.42 Å². The highest BCUT2D eigenvalue weighted by Crippen LogP contribution is 2.14. The first kappa shape index (κ1) is 20.9. The second-order valence-corrected chi connectivity index (χ2v) is 7.05. The smallest absolute Gasteiger partial charge is 0.0785 e. The first-order valence-electron chi connectivity index (χ1n) is 9.63. The molecule has 2 heteroatoms. The zero-order chi connectivity index (χ0) is 15.8. The second kappa shape index (κ2) is 14.8. The molecule has 2 nitrogen and oxygen atoms in total. The van der Waals surface area contributed by atoms with E-state index in [9.17, 15) is 0 Å². The van der Waals surface area contributed by atoms with Gasteiger partial charge in [0.25, 0.3) is 0 Å². The van der Waals surface area contributed by atoms with Crippen LogP contribution in [0.15, 0.2) is 0 Å². The zero-order valence-electron chi connectivity index (χ0n) is 15.2. The van der Waals surface area contributed by atoms with E-state index < -0.39 is 0 Å². The third-order valence-corrected chi connectivity index (χ3v) is 4.71. The summed E-state index contributed by atoms with van der Waals surface area (Å²) in [4.78, 5) is 0. The lowest BCUT2D eigenvalue weighted by Gasteiger charge is -2.35. The predicted molar refractivity (Wildman–Crippen MR) is 94.6 cm³/mol. The molecule has 0 aliphatic heterocycles. The van der Waals surface area contributed by atoms with Gasteiger partial charge in [-0.05, 0) is 38.5 Å². The summed E-state index contributed by atoms with van der Waals surface area (Å²) >= 11 is 0. The molecule has 0 saturated carbocycles. The van der Waals surface area contributed by atoms with E-state index in [4.69, 9.17) is 5.11 Å². The van der Waals surface area contributed by atoms with Crippen LogP contribution in [0.25, 0.3) is 0 Å². The Balaban J connectivity index is 3.95. The van der Waals surface area contributed by atoms with Crippen LogP contribution in [0.4, 0.5) is 0 Å². The minimum absolute atomic E-state index is 0.354. The SMILES string of the molecule is CCCCCCC[N+](C)(CCCCO)CCCCCCC. The Morgan fingerprint density at radius 1 is 0.571 bits per heavy atom. The molecule has 0 aliphatic rings. The van der Waals surface area contributed by atoms with Crippen molar-refractivity contribution >= 4 is 0 Å². The van der Waals surface area contributed by atoms with E-state index in [0.29, 0.717) is 6.61 Å². The molecule has 0 fully saturated rings. The van der Waals surface area contributed by atoms with Crippen LogP contribution in [0.2, 0.25) is 0 Å². The Labute approximate surface area is 134 Å². The quantitative estimate of drug-likeness (QED) is 0.309. The van der Waals surface area contributed by atoms with Crippen molar-refractivity contribution in [2.45, 2.75) is 90.9 Å². The molecule has 0 spiro atoms. The van der Waals surface area contributed by atoms with Crippen molar-refractivity contribution in [3.8, 4) is 0 Å². The van der Waals surface area contributed by atoms with Gasteiger partial charge in [-0.1, -0.05) is 52.4 Å².